The van der Waals surface area contributed by atoms with Crippen molar-refractivity contribution in [3.8, 4) is 11.4 Å². The number of carbonyl (C=O) groups is 1. The average Bonchev–Trinajstić information content (AvgIpc) is 2.95. The van der Waals surface area contributed by atoms with Crippen LogP contribution in [-0.4, -0.2) is 33.5 Å². The summed E-state index contributed by atoms with van der Waals surface area (Å²) in [7, 11) is 0. The molecule has 2 aromatic rings. The summed E-state index contributed by atoms with van der Waals surface area (Å²) in [5.41, 5.74) is 6.95. The van der Waals surface area contributed by atoms with E-state index in [1.807, 2.05) is 0 Å². The summed E-state index contributed by atoms with van der Waals surface area (Å²) in [5.74, 6) is 0.357. The minimum atomic E-state index is -0.448. The van der Waals surface area contributed by atoms with Crippen LogP contribution in [0.2, 0.25) is 0 Å². The van der Waals surface area contributed by atoms with Crippen LogP contribution >= 0.6 is 0 Å². The lowest BCUT2D eigenvalue weighted by Gasteiger charge is -2.29. The molecule has 22 heavy (non-hydrogen) atoms. The second-order valence-corrected chi connectivity index (χ2v) is 5.48. The first kappa shape index (κ1) is 14.6. The van der Waals surface area contributed by atoms with E-state index >= 15 is 0 Å². The summed E-state index contributed by atoms with van der Waals surface area (Å²) < 4.78 is 18.5. The number of halogens is 1. The maximum absolute atomic E-state index is 13.3. The normalized spacial score (nSPS) is 18.8. The van der Waals surface area contributed by atoms with Crippen molar-refractivity contribution in [3.05, 3.63) is 35.5 Å². The molecule has 2 heterocycles. The molecule has 1 aromatic heterocycles. The Kier molecular flexibility index (Phi) is 3.89. The van der Waals surface area contributed by atoms with Gasteiger partial charge in [0.2, 0.25) is 17.6 Å². The highest BCUT2D eigenvalue weighted by Crippen LogP contribution is 2.20. The first-order valence-corrected chi connectivity index (χ1v) is 7.18. The Morgan fingerprint density at radius 3 is 3.09 bits per heavy atom. The lowest BCUT2D eigenvalue weighted by atomic mass is 10.1. The van der Waals surface area contributed by atoms with E-state index in [-0.39, 0.29) is 18.3 Å². The molecule has 0 saturated carbocycles. The van der Waals surface area contributed by atoms with Crippen molar-refractivity contribution in [1.82, 2.24) is 15.0 Å². The van der Waals surface area contributed by atoms with Crippen LogP contribution in [0.5, 0.6) is 0 Å². The maximum Gasteiger partial charge on any atom is 0.246 e. The van der Waals surface area contributed by atoms with Gasteiger partial charge in [0.15, 0.2) is 0 Å². The molecule has 1 saturated heterocycles. The summed E-state index contributed by atoms with van der Waals surface area (Å²) >= 11 is 0. The summed E-state index contributed by atoms with van der Waals surface area (Å²) in [6, 6.07) is 4.18. The molecule has 1 atom stereocenters. The molecule has 1 aromatic carbocycles. The number of aryl methyl sites for hydroxylation is 1. The van der Waals surface area contributed by atoms with Crippen molar-refractivity contribution in [3.63, 3.8) is 0 Å². The maximum atomic E-state index is 13.3. The zero-order chi connectivity index (χ0) is 15.7. The van der Waals surface area contributed by atoms with E-state index in [1.165, 1.54) is 6.07 Å². The van der Waals surface area contributed by atoms with E-state index in [4.69, 9.17) is 10.3 Å². The number of carbonyl (C=O) groups excluding carboxylic acids is 1. The van der Waals surface area contributed by atoms with E-state index < -0.39 is 6.04 Å². The molecule has 0 radical (unpaired) electrons. The Balaban J connectivity index is 1.76. The van der Waals surface area contributed by atoms with Crippen molar-refractivity contribution < 1.29 is 13.7 Å². The smallest absolute Gasteiger partial charge is 0.246 e. The number of rotatable bonds is 3. The molecular weight excluding hydrogens is 287 g/mol. The predicted octanol–water partition coefficient (Wildman–Crippen LogP) is 1.63. The number of amides is 1. The number of aromatic nitrogens is 2. The lowest BCUT2D eigenvalue weighted by molar-refractivity contribution is -0.135. The highest BCUT2D eigenvalue weighted by atomic mass is 19.1. The molecule has 2 N–H and O–H groups in total. The Hall–Kier alpha value is -2.28. The lowest BCUT2D eigenvalue weighted by Crippen LogP contribution is -2.47. The van der Waals surface area contributed by atoms with Gasteiger partial charge in [-0.05, 0) is 43.5 Å². The van der Waals surface area contributed by atoms with E-state index in [9.17, 15) is 9.18 Å². The zero-order valence-electron chi connectivity index (χ0n) is 12.3. The largest absolute Gasteiger partial charge is 0.337 e. The van der Waals surface area contributed by atoms with Gasteiger partial charge in [-0.2, -0.15) is 4.98 Å². The van der Waals surface area contributed by atoms with Gasteiger partial charge in [-0.15, -0.1) is 0 Å². The Labute approximate surface area is 127 Å². The molecule has 3 rings (SSSR count). The van der Waals surface area contributed by atoms with Gasteiger partial charge in [0, 0.05) is 12.1 Å². The molecule has 1 aliphatic heterocycles. The molecule has 1 unspecified atom stereocenters. The van der Waals surface area contributed by atoms with Crippen LogP contribution < -0.4 is 5.73 Å². The summed E-state index contributed by atoms with van der Waals surface area (Å²) in [4.78, 5) is 17.9. The van der Waals surface area contributed by atoms with Crippen LogP contribution in [0, 0.1) is 12.7 Å². The summed E-state index contributed by atoms with van der Waals surface area (Å²) in [5, 5.41) is 3.89. The number of benzene rings is 1. The second kappa shape index (κ2) is 5.84. The SMILES string of the molecule is Cc1cc(-c2noc(CN3CCCC(N)C3=O)n2)ccc1F. The number of hydrogen-bond acceptors (Lipinski definition) is 5. The van der Waals surface area contributed by atoms with Crippen LogP contribution in [0.4, 0.5) is 4.39 Å². The number of nitrogens with two attached hydrogens (primary N) is 1. The predicted molar refractivity (Wildman–Crippen MR) is 77.1 cm³/mol. The fourth-order valence-corrected chi connectivity index (χ4v) is 2.51. The molecule has 0 spiro atoms. The first-order valence-electron chi connectivity index (χ1n) is 7.18. The average molecular weight is 304 g/mol. The van der Waals surface area contributed by atoms with Crippen molar-refractivity contribution in [2.24, 2.45) is 5.73 Å². The van der Waals surface area contributed by atoms with E-state index in [0.29, 0.717) is 35.8 Å². The van der Waals surface area contributed by atoms with Crippen molar-refractivity contribution >= 4 is 5.91 Å². The highest BCUT2D eigenvalue weighted by Gasteiger charge is 2.27. The van der Waals surface area contributed by atoms with Gasteiger partial charge in [-0.1, -0.05) is 5.16 Å². The zero-order valence-corrected chi connectivity index (χ0v) is 12.3. The third-order valence-corrected chi connectivity index (χ3v) is 3.78. The van der Waals surface area contributed by atoms with Gasteiger partial charge < -0.3 is 15.2 Å². The summed E-state index contributed by atoms with van der Waals surface area (Å²) in [6.07, 6.45) is 1.57. The number of hydrogen-bond donors (Lipinski definition) is 1. The fraction of sp³-hybridized carbons (Fsp3) is 0.400. The second-order valence-electron chi connectivity index (χ2n) is 5.48. The van der Waals surface area contributed by atoms with Crippen molar-refractivity contribution in [1.29, 1.82) is 0 Å². The van der Waals surface area contributed by atoms with Gasteiger partial charge in [0.25, 0.3) is 0 Å². The van der Waals surface area contributed by atoms with Crippen molar-refractivity contribution in [2.45, 2.75) is 32.4 Å². The van der Waals surface area contributed by atoms with E-state index in [0.717, 1.165) is 6.42 Å². The van der Waals surface area contributed by atoms with Crippen LogP contribution in [0.1, 0.15) is 24.3 Å². The standard InChI is InChI=1S/C15H17FN4O2/c1-9-7-10(4-5-11(9)16)14-18-13(22-19-14)8-20-6-2-3-12(17)15(20)21/h4-5,7,12H,2-3,6,8,17H2,1H3. The summed E-state index contributed by atoms with van der Waals surface area (Å²) in [6.45, 7) is 2.56. The molecular formula is C15H17FN4O2. The number of piperidine rings is 1. The monoisotopic (exact) mass is 304 g/mol. The van der Waals surface area contributed by atoms with Crippen LogP contribution in [0.15, 0.2) is 22.7 Å². The van der Waals surface area contributed by atoms with Gasteiger partial charge >= 0.3 is 0 Å². The quantitative estimate of drug-likeness (QED) is 0.931. The molecule has 116 valence electrons. The topological polar surface area (TPSA) is 85.3 Å². The van der Waals surface area contributed by atoms with Crippen molar-refractivity contribution in [2.75, 3.05) is 6.54 Å². The first-order chi connectivity index (χ1) is 10.5. The van der Waals surface area contributed by atoms with Gasteiger partial charge in [-0.3, -0.25) is 4.79 Å². The Bertz CT molecular complexity index is 701. The number of nitrogens with zero attached hydrogens (tertiary/aromatic N) is 3. The molecule has 0 aliphatic carbocycles. The van der Waals surface area contributed by atoms with E-state index in [1.54, 1.807) is 24.0 Å². The molecule has 1 amide bonds. The van der Waals surface area contributed by atoms with Crippen LogP contribution in [0.3, 0.4) is 0 Å². The third-order valence-electron chi connectivity index (χ3n) is 3.78. The van der Waals surface area contributed by atoms with E-state index in [2.05, 4.69) is 10.1 Å². The molecule has 0 bridgehead atoms. The molecule has 1 aliphatic rings. The van der Waals surface area contributed by atoms with Gasteiger partial charge in [0.05, 0.1) is 6.04 Å². The molecule has 6 nitrogen and oxygen atoms in total. The third kappa shape index (κ3) is 2.85. The fourth-order valence-electron chi connectivity index (χ4n) is 2.51. The number of likely N-dealkylation sites (tertiary alicyclic amines) is 1. The van der Waals surface area contributed by atoms with Crippen LogP contribution in [0.25, 0.3) is 11.4 Å². The van der Waals surface area contributed by atoms with Crippen LogP contribution in [-0.2, 0) is 11.3 Å². The highest BCUT2D eigenvalue weighted by molar-refractivity contribution is 5.82. The minimum absolute atomic E-state index is 0.0939. The Morgan fingerprint density at radius 1 is 1.50 bits per heavy atom. The Morgan fingerprint density at radius 2 is 2.32 bits per heavy atom. The van der Waals surface area contributed by atoms with Gasteiger partial charge in [-0.25, -0.2) is 4.39 Å². The van der Waals surface area contributed by atoms with Gasteiger partial charge in [0.1, 0.15) is 12.4 Å². The molecule has 1 fully saturated rings. The minimum Gasteiger partial charge on any atom is -0.337 e. The molecule has 7 heteroatoms.